The molecule has 2 aromatic heterocycles. The molecule has 1 fully saturated rings. The lowest BCUT2D eigenvalue weighted by Crippen LogP contribution is -2.13. The van der Waals surface area contributed by atoms with E-state index in [9.17, 15) is 4.79 Å². The third-order valence-corrected chi connectivity index (χ3v) is 7.05. The molecule has 0 aliphatic heterocycles. The van der Waals surface area contributed by atoms with E-state index in [1.54, 1.807) is 26.2 Å². The molecule has 2 heterocycles. The number of ether oxygens (including phenoxy) is 3. The van der Waals surface area contributed by atoms with Gasteiger partial charge in [0.15, 0.2) is 11.2 Å². The summed E-state index contributed by atoms with van der Waals surface area (Å²) in [6, 6.07) is 13.1. The van der Waals surface area contributed by atoms with Crippen molar-refractivity contribution in [1.29, 1.82) is 0 Å². The first kappa shape index (κ1) is 25.8. The Kier molecular flexibility index (Phi) is 7.12. The number of imidazole rings is 1. The Morgan fingerprint density at radius 1 is 1.21 bits per heavy atom. The zero-order chi connectivity index (χ0) is 26.9. The minimum Gasteiger partial charge on any atom is -0.496 e. The maximum atomic E-state index is 11.1. The molecule has 0 radical (unpaired) electrons. The number of carboxylic acids is 1. The van der Waals surface area contributed by atoms with Gasteiger partial charge in [-0.2, -0.15) is 4.98 Å². The number of hydrogen-bond acceptors (Lipinski definition) is 7. The van der Waals surface area contributed by atoms with Crippen molar-refractivity contribution in [2.24, 2.45) is 5.92 Å². The van der Waals surface area contributed by atoms with Crippen LogP contribution in [0.25, 0.3) is 22.6 Å². The zero-order valence-electron chi connectivity index (χ0n) is 21.5. The van der Waals surface area contributed by atoms with E-state index in [-0.39, 0.29) is 12.2 Å². The van der Waals surface area contributed by atoms with Gasteiger partial charge in [-0.1, -0.05) is 36.7 Å². The van der Waals surface area contributed by atoms with Crippen LogP contribution >= 0.6 is 11.6 Å². The Bertz CT molecular complexity index is 1480. The minimum absolute atomic E-state index is 0.233. The number of fused-ring (bicyclic) bond motifs is 1. The predicted octanol–water partition coefficient (Wildman–Crippen LogP) is 5.62. The first-order chi connectivity index (χ1) is 18.3. The molecule has 0 spiro atoms. The molecule has 1 aliphatic rings. The van der Waals surface area contributed by atoms with E-state index >= 15 is 0 Å². The van der Waals surface area contributed by atoms with Crippen molar-refractivity contribution in [1.82, 2.24) is 19.5 Å². The summed E-state index contributed by atoms with van der Waals surface area (Å²) in [6.45, 7) is 4.41. The van der Waals surface area contributed by atoms with E-state index in [4.69, 9.17) is 35.9 Å². The molecule has 2 aromatic carbocycles. The highest BCUT2D eigenvalue weighted by Crippen LogP contribution is 2.41. The first-order valence-corrected chi connectivity index (χ1v) is 12.8. The van der Waals surface area contributed by atoms with Crippen LogP contribution in [0.4, 0.5) is 0 Å². The number of nitrogens with zero attached hydrogens (tertiary/aromatic N) is 4. The normalized spacial score (nSPS) is 14.7. The van der Waals surface area contributed by atoms with Gasteiger partial charge in [0.2, 0.25) is 5.88 Å². The second kappa shape index (κ2) is 10.5. The van der Waals surface area contributed by atoms with Crippen LogP contribution in [-0.4, -0.2) is 49.9 Å². The predicted molar refractivity (Wildman–Crippen MR) is 143 cm³/mol. The average molecular weight is 537 g/mol. The number of benzene rings is 2. The van der Waals surface area contributed by atoms with Crippen LogP contribution < -0.4 is 14.2 Å². The van der Waals surface area contributed by atoms with Crippen molar-refractivity contribution >= 4 is 28.7 Å². The molecule has 1 aliphatic carbocycles. The number of aliphatic carboxylic acids is 1. The molecule has 198 valence electrons. The number of carboxylic acid groups (broad SMARTS) is 1. The molecule has 1 atom stereocenters. The summed E-state index contributed by atoms with van der Waals surface area (Å²) in [5.41, 5.74) is 2.59. The quantitative estimate of drug-likeness (QED) is 0.263. The Labute approximate surface area is 225 Å². The number of para-hydroxylation sites is 1. The maximum absolute atomic E-state index is 11.1. The van der Waals surface area contributed by atoms with Gasteiger partial charge in [0, 0.05) is 11.1 Å². The summed E-state index contributed by atoms with van der Waals surface area (Å²) < 4.78 is 19.5. The first-order valence-electron chi connectivity index (χ1n) is 12.5. The Morgan fingerprint density at radius 3 is 2.71 bits per heavy atom. The molecule has 9 nitrogen and oxygen atoms in total. The summed E-state index contributed by atoms with van der Waals surface area (Å²) in [5, 5.41) is 9.52. The Hall–Kier alpha value is -3.85. The summed E-state index contributed by atoms with van der Waals surface area (Å²) in [4.78, 5) is 24.9. The number of aromatic nitrogens is 4. The number of carbonyl (C=O) groups is 1. The van der Waals surface area contributed by atoms with Gasteiger partial charge in [0.25, 0.3) is 0 Å². The van der Waals surface area contributed by atoms with Gasteiger partial charge in [0.05, 0.1) is 31.2 Å². The summed E-state index contributed by atoms with van der Waals surface area (Å²) in [6.07, 6.45) is 3.81. The van der Waals surface area contributed by atoms with Gasteiger partial charge in [-0.05, 0) is 50.5 Å². The second-order valence-corrected chi connectivity index (χ2v) is 10.2. The molecule has 4 aromatic rings. The fourth-order valence-electron chi connectivity index (χ4n) is 4.11. The van der Waals surface area contributed by atoms with Crippen LogP contribution in [0.3, 0.4) is 0 Å². The molecule has 38 heavy (non-hydrogen) atoms. The molecular formula is C28H29ClN4O5. The molecule has 1 unspecified atom stereocenters. The summed E-state index contributed by atoms with van der Waals surface area (Å²) >= 11 is 6.75. The largest absolute Gasteiger partial charge is 0.496 e. The zero-order valence-corrected chi connectivity index (χ0v) is 22.2. The van der Waals surface area contributed by atoms with Crippen LogP contribution in [0.5, 0.6) is 17.4 Å². The van der Waals surface area contributed by atoms with Crippen LogP contribution in [0.2, 0.25) is 5.02 Å². The molecule has 0 saturated heterocycles. The molecule has 10 heteroatoms. The highest BCUT2D eigenvalue weighted by Gasteiger charge is 2.41. The van der Waals surface area contributed by atoms with Crippen LogP contribution in [0.1, 0.15) is 38.7 Å². The van der Waals surface area contributed by atoms with E-state index < -0.39 is 11.9 Å². The molecular weight excluding hydrogens is 508 g/mol. The Balaban J connectivity index is 1.54. The van der Waals surface area contributed by atoms with Crippen molar-refractivity contribution in [3.63, 3.8) is 0 Å². The van der Waals surface area contributed by atoms with Crippen molar-refractivity contribution in [2.75, 3.05) is 13.7 Å². The van der Waals surface area contributed by atoms with E-state index in [1.165, 1.54) is 6.33 Å². The Morgan fingerprint density at radius 2 is 2.00 bits per heavy atom. The van der Waals surface area contributed by atoms with Gasteiger partial charge < -0.3 is 23.9 Å². The van der Waals surface area contributed by atoms with Crippen molar-refractivity contribution in [3.8, 4) is 28.8 Å². The SMILES string of the molecule is COc1ccccc1Cn1c(-c2ccc(OCCC(C)C(=O)O)cc2Cl)nc2c(OC3(C)CC3)ncnc21. The van der Waals surface area contributed by atoms with Crippen LogP contribution in [0, 0.1) is 5.92 Å². The second-order valence-electron chi connectivity index (χ2n) is 9.75. The monoisotopic (exact) mass is 536 g/mol. The third kappa shape index (κ3) is 5.38. The highest BCUT2D eigenvalue weighted by atomic mass is 35.5. The standard InChI is InChI=1S/C28H29ClN4O5/c1-17(27(34)35)10-13-37-19-8-9-20(21(29)14-19)24-32-23-25(30-16-31-26(23)38-28(2)11-12-28)33(24)15-18-6-4-5-7-22(18)36-3/h4-9,14,16-17H,10-13,15H2,1-3H3,(H,34,35). The fourth-order valence-corrected chi connectivity index (χ4v) is 4.36. The van der Waals surface area contributed by atoms with Crippen LogP contribution in [-0.2, 0) is 11.3 Å². The van der Waals surface area contributed by atoms with E-state index in [0.29, 0.717) is 52.2 Å². The number of hydrogen-bond donors (Lipinski definition) is 1. The number of methoxy groups -OCH3 is 1. The lowest BCUT2D eigenvalue weighted by atomic mass is 10.1. The lowest BCUT2D eigenvalue weighted by Gasteiger charge is -2.14. The molecule has 1 N–H and O–H groups in total. The fraction of sp³-hybridized carbons (Fsp3) is 0.357. The van der Waals surface area contributed by atoms with Crippen LogP contribution in [0.15, 0.2) is 48.8 Å². The highest BCUT2D eigenvalue weighted by molar-refractivity contribution is 6.33. The molecule has 1 saturated carbocycles. The number of rotatable bonds is 11. The van der Waals surface area contributed by atoms with E-state index in [2.05, 4.69) is 16.9 Å². The van der Waals surface area contributed by atoms with Gasteiger partial charge in [-0.3, -0.25) is 4.79 Å². The molecule has 0 bridgehead atoms. The smallest absolute Gasteiger partial charge is 0.306 e. The molecule has 5 rings (SSSR count). The topological polar surface area (TPSA) is 109 Å². The summed E-state index contributed by atoms with van der Waals surface area (Å²) in [5.74, 6) is 1.01. The van der Waals surface area contributed by atoms with Crippen molar-refractivity contribution in [3.05, 3.63) is 59.4 Å². The van der Waals surface area contributed by atoms with Gasteiger partial charge in [0.1, 0.15) is 29.3 Å². The van der Waals surface area contributed by atoms with Gasteiger partial charge in [-0.15, -0.1) is 0 Å². The van der Waals surface area contributed by atoms with Crippen molar-refractivity contribution in [2.45, 2.75) is 45.3 Å². The van der Waals surface area contributed by atoms with E-state index in [0.717, 1.165) is 24.2 Å². The molecule has 0 amide bonds. The maximum Gasteiger partial charge on any atom is 0.306 e. The van der Waals surface area contributed by atoms with E-state index in [1.807, 2.05) is 34.9 Å². The van der Waals surface area contributed by atoms with Crippen molar-refractivity contribution < 1.29 is 24.1 Å². The average Bonchev–Trinajstić information content (AvgIpc) is 3.52. The summed E-state index contributed by atoms with van der Waals surface area (Å²) in [7, 11) is 1.64. The third-order valence-electron chi connectivity index (χ3n) is 6.74. The lowest BCUT2D eigenvalue weighted by molar-refractivity contribution is -0.141. The van der Waals surface area contributed by atoms with Gasteiger partial charge >= 0.3 is 5.97 Å². The minimum atomic E-state index is -0.849. The number of halogens is 1. The van der Waals surface area contributed by atoms with Gasteiger partial charge in [-0.25, -0.2) is 9.97 Å².